The van der Waals surface area contributed by atoms with Gasteiger partial charge in [0.1, 0.15) is 0 Å². The van der Waals surface area contributed by atoms with E-state index in [9.17, 15) is 4.79 Å². The monoisotopic (exact) mass is 460 g/mol. The highest BCUT2D eigenvalue weighted by molar-refractivity contribution is 7.98. The molecule has 0 radical (unpaired) electrons. The van der Waals surface area contributed by atoms with Crippen LogP contribution in [0.25, 0.3) is 5.78 Å². The van der Waals surface area contributed by atoms with Gasteiger partial charge in [0.05, 0.1) is 25.5 Å². The summed E-state index contributed by atoms with van der Waals surface area (Å²) in [4.78, 5) is 22.3. The highest BCUT2D eigenvalue weighted by atomic mass is 32.2. The Morgan fingerprint density at radius 3 is 2.67 bits per heavy atom. The quantitative estimate of drug-likeness (QED) is 0.387. The first-order valence-corrected chi connectivity index (χ1v) is 11.7. The normalized spacial score (nSPS) is 15.5. The molecule has 0 fully saturated rings. The molecule has 0 aliphatic heterocycles. The molecule has 0 bridgehead atoms. The number of carbonyl (C=O) groups is 1. The van der Waals surface area contributed by atoms with Crippen LogP contribution in [0.2, 0.25) is 0 Å². The first-order chi connectivity index (χ1) is 16.1. The number of carbonyl (C=O) groups excluding carboxylic acids is 1. The lowest BCUT2D eigenvalue weighted by molar-refractivity contribution is 0.0962. The van der Waals surface area contributed by atoms with Gasteiger partial charge < -0.3 is 9.47 Å². The second-order valence-corrected chi connectivity index (χ2v) is 9.04. The highest BCUT2D eigenvalue weighted by Crippen LogP contribution is 2.36. The van der Waals surface area contributed by atoms with Crippen LogP contribution in [0.1, 0.15) is 45.1 Å². The molecule has 0 saturated heterocycles. The maximum atomic E-state index is 13.0. The molecule has 0 saturated carbocycles. The second-order valence-electron chi connectivity index (χ2n) is 8.10. The van der Waals surface area contributed by atoms with E-state index in [2.05, 4.69) is 29.1 Å². The van der Waals surface area contributed by atoms with Crippen molar-refractivity contribution >= 4 is 23.3 Å². The van der Waals surface area contributed by atoms with Gasteiger partial charge in [-0.05, 0) is 48.1 Å². The molecule has 7 nitrogen and oxygen atoms in total. The minimum atomic E-state index is 0.0255. The zero-order valence-electron chi connectivity index (χ0n) is 18.7. The fraction of sp³-hybridized carbons (Fsp3) is 0.280. The lowest BCUT2D eigenvalue weighted by Gasteiger charge is -2.23. The number of thioether (sulfide) groups is 1. The topological polar surface area (TPSA) is 78.6 Å². The number of rotatable bonds is 6. The third-order valence-corrected chi connectivity index (χ3v) is 6.95. The standard InChI is InChI=1S/C25H24N4O3S/c1-15-6-4-5-7-17(15)14-33-25-27-24-26-20-10-18(11-21(30)19(20)13-29(24)28-25)16-8-9-22(31-2)23(12-16)32-3/h4-9,12-13,18H,10-11,14H2,1-3H3/t18-/m1/s1. The molecule has 2 heterocycles. The van der Waals surface area contributed by atoms with Gasteiger partial charge >= 0.3 is 0 Å². The van der Waals surface area contributed by atoms with Crippen LogP contribution in [0.15, 0.2) is 53.8 Å². The van der Waals surface area contributed by atoms with Gasteiger partial charge in [0.15, 0.2) is 17.3 Å². The van der Waals surface area contributed by atoms with Gasteiger partial charge in [-0.25, -0.2) is 9.50 Å². The summed E-state index contributed by atoms with van der Waals surface area (Å²) < 4.78 is 12.4. The van der Waals surface area contributed by atoms with Gasteiger partial charge in [0, 0.05) is 18.4 Å². The van der Waals surface area contributed by atoms with Crippen molar-refractivity contribution in [2.75, 3.05) is 14.2 Å². The Morgan fingerprint density at radius 2 is 1.88 bits per heavy atom. The Bertz CT molecular complexity index is 1350. The number of ether oxygens (including phenoxy) is 2. The Morgan fingerprint density at radius 1 is 1.06 bits per heavy atom. The van der Waals surface area contributed by atoms with Crippen molar-refractivity contribution < 1.29 is 14.3 Å². The molecular formula is C25H24N4O3S. The van der Waals surface area contributed by atoms with Gasteiger partial charge in [-0.2, -0.15) is 4.98 Å². The fourth-order valence-electron chi connectivity index (χ4n) is 4.18. The lowest BCUT2D eigenvalue weighted by Crippen LogP contribution is -2.21. The third-order valence-electron chi connectivity index (χ3n) is 6.06. The minimum absolute atomic E-state index is 0.0255. The van der Waals surface area contributed by atoms with Crippen molar-refractivity contribution in [2.24, 2.45) is 0 Å². The van der Waals surface area contributed by atoms with Crippen molar-refractivity contribution in [3.8, 4) is 11.5 Å². The SMILES string of the molecule is COc1ccc([C@H]2CC(=O)c3cn4nc(SCc5ccccc5C)nc4nc3C2)cc1OC. The van der Waals surface area contributed by atoms with Crippen LogP contribution in [-0.2, 0) is 12.2 Å². The molecule has 0 N–H and O–H groups in total. The van der Waals surface area contributed by atoms with Crippen LogP contribution in [-0.4, -0.2) is 39.6 Å². The highest BCUT2D eigenvalue weighted by Gasteiger charge is 2.29. The van der Waals surface area contributed by atoms with E-state index in [-0.39, 0.29) is 11.7 Å². The summed E-state index contributed by atoms with van der Waals surface area (Å²) in [6.45, 7) is 2.10. The Labute approximate surface area is 196 Å². The molecule has 0 unspecified atom stereocenters. The van der Waals surface area contributed by atoms with Crippen molar-refractivity contribution in [1.29, 1.82) is 0 Å². The van der Waals surface area contributed by atoms with E-state index >= 15 is 0 Å². The van der Waals surface area contributed by atoms with E-state index < -0.39 is 0 Å². The molecule has 1 aliphatic rings. The summed E-state index contributed by atoms with van der Waals surface area (Å²) in [5.74, 6) is 2.71. The summed E-state index contributed by atoms with van der Waals surface area (Å²) in [7, 11) is 3.22. The van der Waals surface area contributed by atoms with E-state index in [1.807, 2.05) is 30.3 Å². The summed E-state index contributed by atoms with van der Waals surface area (Å²) in [6.07, 6.45) is 2.85. The van der Waals surface area contributed by atoms with E-state index in [1.54, 1.807) is 36.7 Å². The molecule has 33 heavy (non-hydrogen) atoms. The van der Waals surface area contributed by atoms with Crippen molar-refractivity contribution in [3.63, 3.8) is 0 Å². The van der Waals surface area contributed by atoms with Crippen molar-refractivity contribution in [2.45, 2.75) is 36.6 Å². The Hall–Kier alpha value is -3.39. The fourth-order valence-corrected chi connectivity index (χ4v) is 5.08. The second kappa shape index (κ2) is 8.86. The number of benzene rings is 2. The molecule has 168 valence electrons. The van der Waals surface area contributed by atoms with Gasteiger partial charge in [-0.1, -0.05) is 42.1 Å². The van der Waals surface area contributed by atoms with Crippen LogP contribution < -0.4 is 9.47 Å². The molecule has 0 spiro atoms. The molecule has 8 heteroatoms. The van der Waals surface area contributed by atoms with Crippen LogP contribution in [0, 0.1) is 6.92 Å². The molecule has 5 rings (SSSR count). The van der Waals surface area contributed by atoms with E-state index in [0.29, 0.717) is 40.8 Å². The summed E-state index contributed by atoms with van der Waals surface area (Å²) >= 11 is 1.57. The maximum Gasteiger partial charge on any atom is 0.253 e. The zero-order chi connectivity index (χ0) is 22.9. The van der Waals surface area contributed by atoms with Crippen molar-refractivity contribution in [3.05, 3.63) is 76.6 Å². The van der Waals surface area contributed by atoms with Crippen LogP contribution in [0.5, 0.6) is 11.5 Å². The van der Waals surface area contributed by atoms with E-state index in [0.717, 1.165) is 17.0 Å². The maximum absolute atomic E-state index is 13.0. The number of fused-ring (bicyclic) bond motifs is 2. The number of hydrogen-bond donors (Lipinski definition) is 0. The predicted molar refractivity (Wildman–Crippen MR) is 126 cm³/mol. The summed E-state index contributed by atoms with van der Waals surface area (Å²) in [5.41, 5.74) is 4.92. The van der Waals surface area contributed by atoms with Crippen LogP contribution >= 0.6 is 11.8 Å². The van der Waals surface area contributed by atoms with Crippen LogP contribution in [0.4, 0.5) is 0 Å². The van der Waals surface area contributed by atoms with Gasteiger partial charge in [-0.15, -0.1) is 5.10 Å². The Kier molecular flexibility index (Phi) is 5.76. The molecule has 1 aliphatic carbocycles. The Balaban J connectivity index is 1.40. The van der Waals surface area contributed by atoms with Crippen LogP contribution in [0.3, 0.4) is 0 Å². The molecular weight excluding hydrogens is 436 g/mol. The minimum Gasteiger partial charge on any atom is -0.493 e. The average molecular weight is 461 g/mol. The number of ketones is 1. The molecule has 2 aromatic heterocycles. The van der Waals surface area contributed by atoms with Gasteiger partial charge in [-0.3, -0.25) is 4.79 Å². The van der Waals surface area contributed by atoms with Crippen molar-refractivity contribution in [1.82, 2.24) is 19.6 Å². The number of aromatic nitrogens is 4. The number of Topliss-reactive ketones (excluding diaryl/α,β-unsaturated/α-hetero) is 1. The third kappa shape index (κ3) is 4.18. The smallest absolute Gasteiger partial charge is 0.253 e. The first kappa shape index (κ1) is 21.5. The first-order valence-electron chi connectivity index (χ1n) is 10.7. The van der Waals surface area contributed by atoms with E-state index in [1.165, 1.54) is 11.1 Å². The summed E-state index contributed by atoms with van der Waals surface area (Å²) in [5, 5.41) is 5.19. The molecule has 1 atom stereocenters. The molecule has 2 aromatic carbocycles. The number of aryl methyl sites for hydroxylation is 1. The number of hydrogen-bond acceptors (Lipinski definition) is 7. The lowest BCUT2D eigenvalue weighted by atomic mass is 9.82. The average Bonchev–Trinajstić information content (AvgIpc) is 3.23. The zero-order valence-corrected chi connectivity index (χ0v) is 19.6. The molecule has 0 amide bonds. The van der Waals surface area contributed by atoms with Gasteiger partial charge in [0.25, 0.3) is 5.78 Å². The summed E-state index contributed by atoms with van der Waals surface area (Å²) in [6, 6.07) is 14.1. The number of nitrogens with zero attached hydrogens (tertiary/aromatic N) is 4. The van der Waals surface area contributed by atoms with E-state index in [4.69, 9.17) is 14.5 Å². The van der Waals surface area contributed by atoms with Gasteiger partial charge in [0.2, 0.25) is 5.16 Å². The predicted octanol–water partition coefficient (Wildman–Crippen LogP) is 4.65. The molecule has 4 aromatic rings. The number of methoxy groups -OCH3 is 2. The largest absolute Gasteiger partial charge is 0.493 e.